The number of nitrogens with one attached hydrogen (secondary N) is 2. The third kappa shape index (κ3) is 3.04. The maximum absolute atomic E-state index is 11.6. The van der Waals surface area contributed by atoms with Crippen molar-refractivity contribution in [3.05, 3.63) is 47.1 Å². The summed E-state index contributed by atoms with van der Waals surface area (Å²) >= 11 is 0. The van der Waals surface area contributed by atoms with Crippen molar-refractivity contribution in [2.75, 3.05) is 5.32 Å². The molecule has 1 aliphatic carbocycles. The average molecular weight is 285 g/mol. The van der Waals surface area contributed by atoms with E-state index in [-0.39, 0.29) is 5.69 Å². The minimum absolute atomic E-state index is 0.106. The van der Waals surface area contributed by atoms with Gasteiger partial charge in [0.2, 0.25) is 0 Å². The number of rotatable bonds is 3. The molecule has 0 saturated heterocycles. The van der Waals surface area contributed by atoms with Crippen LogP contribution < -0.4 is 11.0 Å². The molecule has 0 amide bonds. The van der Waals surface area contributed by atoms with E-state index in [0.29, 0.717) is 12.0 Å². The molecule has 1 aromatic carbocycles. The van der Waals surface area contributed by atoms with Crippen LogP contribution in [0.15, 0.2) is 41.5 Å². The van der Waals surface area contributed by atoms with Gasteiger partial charge in [0.05, 0.1) is 5.69 Å². The second kappa shape index (κ2) is 5.80. The highest BCUT2D eigenvalue weighted by atomic mass is 16.1. The number of hydrogen-bond acceptors (Lipinski definition) is 2. The van der Waals surface area contributed by atoms with E-state index in [9.17, 15) is 4.79 Å². The summed E-state index contributed by atoms with van der Waals surface area (Å²) in [5.74, 6) is 1.52. The number of H-pyrrole nitrogens is 1. The molecule has 1 aliphatic rings. The van der Waals surface area contributed by atoms with Crippen LogP contribution in [0.5, 0.6) is 0 Å². The van der Waals surface area contributed by atoms with Crippen LogP contribution in [0.3, 0.4) is 0 Å². The Morgan fingerprint density at radius 3 is 2.62 bits per heavy atom. The Labute approximate surface area is 125 Å². The smallest absolute Gasteiger partial charge is 0.330 e. The number of benzene rings is 1. The Bertz CT molecular complexity index is 641. The molecule has 21 heavy (non-hydrogen) atoms. The largest absolute Gasteiger partial charge is 0.382 e. The lowest BCUT2D eigenvalue weighted by Gasteiger charge is -2.34. The minimum Gasteiger partial charge on any atom is -0.382 e. The molecule has 1 fully saturated rings. The molecule has 3 atom stereocenters. The number of anilines is 1. The second-order valence-corrected chi connectivity index (χ2v) is 6.33. The van der Waals surface area contributed by atoms with Gasteiger partial charge in [0.15, 0.2) is 0 Å². The summed E-state index contributed by atoms with van der Waals surface area (Å²) < 4.78 is 1.61. The molecule has 1 saturated carbocycles. The first-order valence-corrected chi connectivity index (χ1v) is 7.76. The van der Waals surface area contributed by atoms with Crippen LogP contribution in [-0.2, 0) is 0 Å². The number of aromatic amines is 1. The fourth-order valence-corrected chi connectivity index (χ4v) is 3.19. The van der Waals surface area contributed by atoms with Gasteiger partial charge in [-0.1, -0.05) is 20.3 Å². The molecule has 2 N–H and O–H groups in total. The van der Waals surface area contributed by atoms with Crippen LogP contribution in [0.2, 0.25) is 0 Å². The van der Waals surface area contributed by atoms with Crippen molar-refractivity contribution in [3.8, 4) is 5.69 Å². The number of imidazole rings is 1. The third-order valence-electron chi connectivity index (χ3n) is 4.60. The van der Waals surface area contributed by atoms with E-state index in [2.05, 4.69) is 36.3 Å². The van der Waals surface area contributed by atoms with Crippen LogP contribution in [0, 0.1) is 11.8 Å². The molecule has 3 rings (SSSR count). The highest BCUT2D eigenvalue weighted by Crippen LogP contribution is 2.30. The normalized spacial score (nSPS) is 25.7. The van der Waals surface area contributed by atoms with Crippen LogP contribution in [0.25, 0.3) is 5.69 Å². The summed E-state index contributed by atoms with van der Waals surface area (Å²) in [6.07, 6.45) is 7.28. The van der Waals surface area contributed by atoms with Gasteiger partial charge in [-0.2, -0.15) is 0 Å². The summed E-state index contributed by atoms with van der Waals surface area (Å²) in [7, 11) is 0. The van der Waals surface area contributed by atoms with Gasteiger partial charge in [0.1, 0.15) is 0 Å². The Hall–Kier alpha value is -1.97. The lowest BCUT2D eigenvalue weighted by Crippen LogP contribution is -2.33. The highest BCUT2D eigenvalue weighted by Gasteiger charge is 2.25. The molecule has 0 spiro atoms. The predicted octanol–water partition coefficient (Wildman–Crippen LogP) is 3.40. The van der Waals surface area contributed by atoms with Crippen molar-refractivity contribution >= 4 is 5.69 Å². The SMILES string of the molecule is CC1CCC(C)C(Nc2ccc(-n3cc[nH]c3=O)cc2)C1. The molecule has 3 unspecified atom stereocenters. The van der Waals surface area contributed by atoms with Gasteiger partial charge in [-0.25, -0.2) is 4.79 Å². The zero-order valence-electron chi connectivity index (χ0n) is 12.7. The Morgan fingerprint density at radius 2 is 1.95 bits per heavy atom. The summed E-state index contributed by atoms with van der Waals surface area (Å²) in [6.45, 7) is 4.67. The molecule has 2 aromatic rings. The van der Waals surface area contributed by atoms with Gasteiger partial charge >= 0.3 is 5.69 Å². The lowest BCUT2D eigenvalue weighted by atomic mass is 9.80. The zero-order chi connectivity index (χ0) is 14.8. The van der Waals surface area contributed by atoms with E-state index in [1.807, 2.05) is 12.1 Å². The van der Waals surface area contributed by atoms with Crippen molar-refractivity contribution in [2.24, 2.45) is 11.8 Å². The number of hydrogen-bond donors (Lipinski definition) is 2. The van der Waals surface area contributed by atoms with Crippen molar-refractivity contribution < 1.29 is 0 Å². The van der Waals surface area contributed by atoms with Crippen LogP contribution in [0.4, 0.5) is 5.69 Å². The summed E-state index contributed by atoms with van der Waals surface area (Å²) in [4.78, 5) is 14.2. The summed E-state index contributed by atoms with van der Waals surface area (Å²) in [5.41, 5.74) is 1.91. The predicted molar refractivity (Wildman–Crippen MR) is 86.0 cm³/mol. The molecule has 1 aromatic heterocycles. The van der Waals surface area contributed by atoms with E-state index in [4.69, 9.17) is 0 Å². The highest BCUT2D eigenvalue weighted by molar-refractivity contribution is 5.49. The van der Waals surface area contributed by atoms with E-state index >= 15 is 0 Å². The van der Waals surface area contributed by atoms with E-state index < -0.39 is 0 Å². The molecule has 0 radical (unpaired) electrons. The van der Waals surface area contributed by atoms with Crippen molar-refractivity contribution in [2.45, 2.75) is 39.2 Å². The average Bonchev–Trinajstić information content (AvgIpc) is 2.90. The Kier molecular flexibility index (Phi) is 3.86. The summed E-state index contributed by atoms with van der Waals surface area (Å²) in [6, 6.07) is 8.62. The first kappa shape index (κ1) is 14.0. The molecule has 4 nitrogen and oxygen atoms in total. The van der Waals surface area contributed by atoms with Crippen molar-refractivity contribution in [3.63, 3.8) is 0 Å². The van der Waals surface area contributed by atoms with Crippen molar-refractivity contribution in [1.29, 1.82) is 0 Å². The lowest BCUT2D eigenvalue weighted by molar-refractivity contribution is 0.281. The molecule has 1 heterocycles. The van der Waals surface area contributed by atoms with Gasteiger partial charge in [0.25, 0.3) is 0 Å². The first-order valence-electron chi connectivity index (χ1n) is 7.76. The van der Waals surface area contributed by atoms with Crippen LogP contribution >= 0.6 is 0 Å². The van der Waals surface area contributed by atoms with E-state index in [1.54, 1.807) is 17.0 Å². The molecule has 4 heteroatoms. The molecular weight excluding hydrogens is 262 g/mol. The molecular formula is C17H23N3O. The third-order valence-corrected chi connectivity index (χ3v) is 4.60. The van der Waals surface area contributed by atoms with Gasteiger partial charge < -0.3 is 10.3 Å². The van der Waals surface area contributed by atoms with Crippen LogP contribution in [0.1, 0.15) is 33.1 Å². The van der Waals surface area contributed by atoms with E-state index in [0.717, 1.165) is 17.3 Å². The standard InChI is InChI=1S/C17H23N3O/c1-12-3-4-13(2)16(11-12)19-14-5-7-15(8-6-14)20-10-9-18-17(20)21/h5-10,12-13,16,19H,3-4,11H2,1-2H3,(H,18,21). The number of nitrogens with zero attached hydrogens (tertiary/aromatic N) is 1. The fourth-order valence-electron chi connectivity index (χ4n) is 3.19. The fraction of sp³-hybridized carbons (Fsp3) is 0.471. The Morgan fingerprint density at radius 1 is 1.19 bits per heavy atom. The molecule has 0 aliphatic heterocycles. The Balaban J connectivity index is 1.73. The maximum Gasteiger partial charge on any atom is 0.330 e. The van der Waals surface area contributed by atoms with Gasteiger partial charge in [-0.15, -0.1) is 0 Å². The van der Waals surface area contributed by atoms with Crippen molar-refractivity contribution in [1.82, 2.24) is 9.55 Å². The van der Waals surface area contributed by atoms with Gasteiger partial charge in [-0.3, -0.25) is 4.57 Å². The quantitative estimate of drug-likeness (QED) is 0.908. The minimum atomic E-state index is -0.106. The maximum atomic E-state index is 11.6. The molecule has 0 bridgehead atoms. The van der Waals surface area contributed by atoms with Gasteiger partial charge in [0, 0.05) is 24.1 Å². The monoisotopic (exact) mass is 285 g/mol. The second-order valence-electron chi connectivity index (χ2n) is 6.33. The van der Waals surface area contributed by atoms with Crippen LogP contribution in [-0.4, -0.2) is 15.6 Å². The molecule has 112 valence electrons. The van der Waals surface area contributed by atoms with Gasteiger partial charge in [-0.05, 0) is 48.9 Å². The zero-order valence-corrected chi connectivity index (χ0v) is 12.7. The first-order chi connectivity index (χ1) is 10.1. The number of aromatic nitrogens is 2. The van der Waals surface area contributed by atoms with E-state index in [1.165, 1.54) is 19.3 Å². The topological polar surface area (TPSA) is 49.8 Å². The summed E-state index contributed by atoms with van der Waals surface area (Å²) in [5, 5.41) is 3.65.